The van der Waals surface area contributed by atoms with Gasteiger partial charge in [-0.2, -0.15) is 0 Å². The number of hydrogen-bond donors (Lipinski definition) is 2. The maximum Gasteiger partial charge on any atom is 0.112 e. The van der Waals surface area contributed by atoms with E-state index in [1.807, 2.05) is 19.9 Å². The van der Waals surface area contributed by atoms with Crippen LogP contribution in [-0.2, 0) is 0 Å². The molecule has 2 aliphatic rings. The zero-order chi connectivity index (χ0) is 15.2. The van der Waals surface area contributed by atoms with E-state index >= 15 is 0 Å². The lowest BCUT2D eigenvalue weighted by molar-refractivity contribution is -0.0644. The highest BCUT2D eigenvalue weighted by Gasteiger charge is 2.57. The molecular formula is C16H25NO2S. The molecule has 3 nitrogen and oxygen atoms in total. The zero-order valence-corrected chi connectivity index (χ0v) is 13.6. The van der Waals surface area contributed by atoms with Crippen molar-refractivity contribution in [2.45, 2.75) is 70.1 Å². The van der Waals surface area contributed by atoms with Crippen molar-refractivity contribution in [3.8, 4) is 0 Å². The van der Waals surface area contributed by atoms with Crippen LogP contribution in [0.4, 0.5) is 0 Å². The van der Waals surface area contributed by atoms with Gasteiger partial charge in [-0.15, -0.1) is 0 Å². The summed E-state index contributed by atoms with van der Waals surface area (Å²) in [6.45, 7) is 8.10. The molecule has 4 atom stereocenters. The second-order valence-corrected chi connectivity index (χ2v) is 7.37. The van der Waals surface area contributed by atoms with Crippen molar-refractivity contribution in [2.75, 3.05) is 0 Å². The summed E-state index contributed by atoms with van der Waals surface area (Å²) in [5, 5.41) is 24.2. The summed E-state index contributed by atoms with van der Waals surface area (Å²) in [4.78, 5) is 4.31. The molecule has 0 saturated heterocycles. The second-order valence-electron chi connectivity index (χ2n) is 7.18. The van der Waals surface area contributed by atoms with Gasteiger partial charge in [-0.3, -0.25) is 0 Å². The molecule has 0 aromatic heterocycles. The Morgan fingerprint density at radius 1 is 1.30 bits per heavy atom. The van der Waals surface area contributed by atoms with Crippen LogP contribution in [0, 0.1) is 11.8 Å². The predicted octanol–water partition coefficient (Wildman–Crippen LogP) is 3.12. The molecule has 0 radical (unpaired) electrons. The molecule has 0 aliphatic heterocycles. The van der Waals surface area contributed by atoms with Gasteiger partial charge < -0.3 is 10.2 Å². The quantitative estimate of drug-likeness (QED) is 0.467. The van der Waals surface area contributed by atoms with E-state index < -0.39 is 16.7 Å². The number of thiocarbonyl (C=S) groups is 1. The Morgan fingerprint density at radius 3 is 2.50 bits per heavy atom. The van der Waals surface area contributed by atoms with Crippen LogP contribution in [0.15, 0.2) is 16.6 Å². The summed E-state index contributed by atoms with van der Waals surface area (Å²) in [5.41, 5.74) is -1.52. The first-order valence-corrected chi connectivity index (χ1v) is 7.83. The Morgan fingerprint density at radius 2 is 1.95 bits per heavy atom. The number of aliphatic imine (C=N–C) groups is 1. The highest BCUT2D eigenvalue weighted by Crippen LogP contribution is 2.53. The minimum atomic E-state index is -1.01. The van der Waals surface area contributed by atoms with Gasteiger partial charge in [0.1, 0.15) is 11.1 Å². The number of hydrogen-bond acceptors (Lipinski definition) is 4. The van der Waals surface area contributed by atoms with Gasteiger partial charge in [-0.05, 0) is 69.2 Å². The first-order valence-electron chi connectivity index (χ1n) is 7.42. The molecule has 0 spiro atoms. The highest BCUT2D eigenvalue weighted by atomic mass is 32.1. The zero-order valence-electron chi connectivity index (χ0n) is 12.8. The Bertz CT molecular complexity index is 479. The molecule has 2 rings (SSSR count). The van der Waals surface area contributed by atoms with Gasteiger partial charge in [0.25, 0.3) is 0 Å². The lowest BCUT2D eigenvalue weighted by Crippen LogP contribution is -2.60. The second kappa shape index (κ2) is 5.03. The summed E-state index contributed by atoms with van der Waals surface area (Å²) in [7, 11) is 0. The standard InChI is InChI=1S/C16H25NO2S/c1-11(2)12-5-6-15(4,17-10-20)16(19)8-7-14(3,18)9-13(12)16/h9,11-12,18-19H,5-8H2,1-4H3/t12-,14+,15?,16-/m0/s1. The van der Waals surface area contributed by atoms with Crippen LogP contribution in [0.1, 0.15) is 53.4 Å². The van der Waals surface area contributed by atoms with Crippen LogP contribution >= 0.6 is 12.2 Å². The third kappa shape index (κ3) is 2.39. The molecular weight excluding hydrogens is 270 g/mol. The molecule has 0 amide bonds. The lowest BCUT2D eigenvalue weighted by atomic mass is 9.56. The number of rotatable bonds is 2. The number of isothiocyanates is 1. The Kier molecular flexibility index (Phi) is 3.98. The average molecular weight is 295 g/mol. The van der Waals surface area contributed by atoms with Gasteiger partial charge in [0, 0.05) is 0 Å². The third-order valence-electron chi connectivity index (χ3n) is 5.27. The first-order chi connectivity index (χ1) is 9.15. The predicted molar refractivity (Wildman–Crippen MR) is 83.9 cm³/mol. The van der Waals surface area contributed by atoms with Gasteiger partial charge in [-0.1, -0.05) is 19.9 Å². The SMILES string of the molecule is CC(C)[C@@H]1CCC(C)(N=C=S)[C@]2(O)CC[C@@](C)(O)C=C12. The molecule has 0 aromatic carbocycles. The normalized spacial score (nSPS) is 44.5. The minimum Gasteiger partial charge on any atom is -0.386 e. The monoisotopic (exact) mass is 295 g/mol. The fourth-order valence-electron chi connectivity index (χ4n) is 3.84. The third-order valence-corrected chi connectivity index (χ3v) is 5.36. The molecule has 0 heterocycles. The summed E-state index contributed by atoms with van der Waals surface area (Å²) in [5.74, 6) is 0.725. The first kappa shape index (κ1) is 15.8. The summed E-state index contributed by atoms with van der Waals surface area (Å²) in [6, 6.07) is 0. The lowest BCUT2D eigenvalue weighted by Gasteiger charge is -2.54. The Labute approximate surface area is 126 Å². The van der Waals surface area contributed by atoms with Crippen molar-refractivity contribution in [3.05, 3.63) is 11.6 Å². The fourth-order valence-corrected chi connectivity index (χ4v) is 4.04. The van der Waals surface area contributed by atoms with Gasteiger partial charge >= 0.3 is 0 Å². The fraction of sp³-hybridized carbons (Fsp3) is 0.812. The number of aliphatic hydroxyl groups is 2. The van der Waals surface area contributed by atoms with E-state index in [1.165, 1.54) is 0 Å². The Balaban J connectivity index is 2.56. The van der Waals surface area contributed by atoms with Gasteiger partial charge in [0.2, 0.25) is 0 Å². The summed E-state index contributed by atoms with van der Waals surface area (Å²) in [6.07, 6.45) is 4.69. The van der Waals surface area contributed by atoms with E-state index in [0.717, 1.165) is 18.4 Å². The average Bonchev–Trinajstić information content (AvgIpc) is 2.32. The van der Waals surface area contributed by atoms with Crippen molar-refractivity contribution in [3.63, 3.8) is 0 Å². The van der Waals surface area contributed by atoms with E-state index in [4.69, 9.17) is 12.2 Å². The smallest absolute Gasteiger partial charge is 0.112 e. The maximum absolute atomic E-state index is 11.3. The van der Waals surface area contributed by atoms with E-state index in [1.54, 1.807) is 0 Å². The Hall–Kier alpha value is -0.540. The van der Waals surface area contributed by atoms with Crippen LogP contribution in [0.5, 0.6) is 0 Å². The number of nitrogens with zero attached hydrogens (tertiary/aromatic N) is 1. The van der Waals surface area contributed by atoms with E-state index in [0.29, 0.717) is 24.7 Å². The molecule has 0 bridgehead atoms. The summed E-state index contributed by atoms with van der Waals surface area (Å²) >= 11 is 4.78. The van der Waals surface area contributed by atoms with Crippen LogP contribution in [0.2, 0.25) is 0 Å². The van der Waals surface area contributed by atoms with Crippen LogP contribution in [-0.4, -0.2) is 32.1 Å². The van der Waals surface area contributed by atoms with Crippen LogP contribution in [0.25, 0.3) is 0 Å². The van der Waals surface area contributed by atoms with Crippen molar-refractivity contribution < 1.29 is 10.2 Å². The van der Waals surface area contributed by atoms with E-state index in [2.05, 4.69) is 24.0 Å². The van der Waals surface area contributed by atoms with Crippen molar-refractivity contribution in [2.24, 2.45) is 16.8 Å². The topological polar surface area (TPSA) is 52.8 Å². The molecule has 4 heteroatoms. The number of fused-ring (bicyclic) bond motifs is 1. The van der Waals surface area contributed by atoms with Crippen LogP contribution in [0.3, 0.4) is 0 Å². The molecule has 1 saturated carbocycles. The molecule has 112 valence electrons. The molecule has 0 aromatic rings. The molecule has 1 fully saturated rings. The largest absolute Gasteiger partial charge is 0.386 e. The summed E-state index contributed by atoms with van der Waals surface area (Å²) < 4.78 is 0. The maximum atomic E-state index is 11.3. The van der Waals surface area contributed by atoms with Gasteiger partial charge in [0.15, 0.2) is 0 Å². The molecule has 20 heavy (non-hydrogen) atoms. The van der Waals surface area contributed by atoms with E-state index in [9.17, 15) is 10.2 Å². The van der Waals surface area contributed by atoms with E-state index in [-0.39, 0.29) is 0 Å². The molecule has 1 unspecified atom stereocenters. The van der Waals surface area contributed by atoms with Crippen molar-refractivity contribution >= 4 is 17.4 Å². The van der Waals surface area contributed by atoms with Crippen molar-refractivity contribution in [1.29, 1.82) is 0 Å². The minimum absolute atomic E-state index is 0.292. The van der Waals surface area contributed by atoms with Gasteiger partial charge in [-0.25, -0.2) is 4.99 Å². The molecule has 2 aliphatic carbocycles. The highest BCUT2D eigenvalue weighted by molar-refractivity contribution is 7.78. The van der Waals surface area contributed by atoms with Crippen LogP contribution < -0.4 is 0 Å². The van der Waals surface area contributed by atoms with Crippen molar-refractivity contribution in [1.82, 2.24) is 0 Å². The molecule has 2 N–H and O–H groups in total. The van der Waals surface area contributed by atoms with Gasteiger partial charge in [0.05, 0.1) is 10.8 Å².